The number of carbonyl (C=O) groups excluding carboxylic acids is 3. The van der Waals surface area contributed by atoms with Crippen LogP contribution in [-0.2, 0) is 15.6 Å². The first-order valence-corrected chi connectivity index (χ1v) is 12.2. The van der Waals surface area contributed by atoms with Crippen molar-refractivity contribution in [2.75, 3.05) is 6.61 Å². The van der Waals surface area contributed by atoms with E-state index in [4.69, 9.17) is 4.74 Å². The van der Waals surface area contributed by atoms with Crippen LogP contribution in [-0.4, -0.2) is 34.4 Å². The summed E-state index contributed by atoms with van der Waals surface area (Å²) in [6.45, 7) is 11.2. The molecule has 0 spiro atoms. The molecule has 3 aromatic carbocycles. The van der Waals surface area contributed by atoms with Crippen molar-refractivity contribution in [1.82, 2.24) is 10.9 Å². The third kappa shape index (κ3) is 6.70. The van der Waals surface area contributed by atoms with Crippen LogP contribution >= 0.6 is 0 Å². The summed E-state index contributed by atoms with van der Waals surface area (Å²) in [7, 11) is 0. The summed E-state index contributed by atoms with van der Waals surface area (Å²) >= 11 is 0. The molecule has 0 heterocycles. The van der Waals surface area contributed by atoms with E-state index in [0.717, 1.165) is 0 Å². The maximum Gasteiger partial charge on any atom is 0.276 e. The van der Waals surface area contributed by atoms with Gasteiger partial charge in [-0.2, -0.15) is 0 Å². The van der Waals surface area contributed by atoms with E-state index in [0.29, 0.717) is 22.3 Å². The van der Waals surface area contributed by atoms with Gasteiger partial charge in [0.15, 0.2) is 12.4 Å². The first kappa shape index (κ1) is 28.2. The summed E-state index contributed by atoms with van der Waals surface area (Å²) in [4.78, 5) is 37.7. The minimum absolute atomic E-state index is 0.110. The molecule has 8 nitrogen and oxygen atoms in total. The Kier molecular flexibility index (Phi) is 8.15. The van der Waals surface area contributed by atoms with E-state index in [-0.39, 0.29) is 28.6 Å². The highest BCUT2D eigenvalue weighted by molar-refractivity contribution is 6.10. The zero-order valence-electron chi connectivity index (χ0n) is 22.5. The molecular formula is C30H34N2O6. The monoisotopic (exact) mass is 518 g/mol. The van der Waals surface area contributed by atoms with Crippen molar-refractivity contribution in [1.29, 1.82) is 0 Å². The zero-order valence-corrected chi connectivity index (χ0v) is 22.5. The average Bonchev–Trinajstić information content (AvgIpc) is 2.85. The fourth-order valence-corrected chi connectivity index (χ4v) is 3.83. The van der Waals surface area contributed by atoms with Gasteiger partial charge in [0.1, 0.15) is 17.2 Å². The van der Waals surface area contributed by atoms with Crippen LogP contribution in [0.25, 0.3) is 0 Å². The lowest BCUT2D eigenvalue weighted by molar-refractivity contribution is -0.123. The number of carbonyl (C=O) groups is 3. The molecule has 0 radical (unpaired) electrons. The van der Waals surface area contributed by atoms with E-state index in [1.165, 1.54) is 18.2 Å². The summed E-state index contributed by atoms with van der Waals surface area (Å²) in [6, 6.07) is 15.9. The van der Waals surface area contributed by atoms with Crippen LogP contribution in [0.15, 0.2) is 60.7 Å². The molecule has 200 valence electrons. The Morgan fingerprint density at radius 3 is 1.87 bits per heavy atom. The van der Waals surface area contributed by atoms with Gasteiger partial charge in [-0.25, -0.2) is 0 Å². The van der Waals surface area contributed by atoms with E-state index < -0.39 is 29.3 Å². The first-order chi connectivity index (χ1) is 17.7. The van der Waals surface area contributed by atoms with Gasteiger partial charge in [0.05, 0.1) is 5.56 Å². The molecule has 2 amide bonds. The van der Waals surface area contributed by atoms with E-state index in [2.05, 4.69) is 10.9 Å². The number of amides is 2. The molecule has 0 aromatic heterocycles. The van der Waals surface area contributed by atoms with Crippen LogP contribution in [0.3, 0.4) is 0 Å². The van der Waals surface area contributed by atoms with Crippen molar-refractivity contribution in [2.45, 2.75) is 52.4 Å². The first-order valence-electron chi connectivity index (χ1n) is 12.2. The Hall–Kier alpha value is -4.33. The van der Waals surface area contributed by atoms with E-state index in [1.807, 2.05) is 41.5 Å². The normalized spacial score (nSPS) is 11.5. The summed E-state index contributed by atoms with van der Waals surface area (Å²) in [5, 5.41) is 21.1. The number of hydrogen-bond donors (Lipinski definition) is 4. The minimum atomic E-state index is -0.631. The molecule has 0 atom stereocenters. The maximum absolute atomic E-state index is 12.8. The lowest BCUT2D eigenvalue weighted by atomic mass is 9.78. The number of hydrogen-bond acceptors (Lipinski definition) is 6. The average molecular weight is 519 g/mol. The zero-order chi connectivity index (χ0) is 28.3. The van der Waals surface area contributed by atoms with Gasteiger partial charge in [-0.3, -0.25) is 25.2 Å². The van der Waals surface area contributed by atoms with Crippen LogP contribution in [0, 0.1) is 0 Å². The Morgan fingerprint density at radius 2 is 1.34 bits per heavy atom. The molecule has 0 saturated carbocycles. The molecule has 0 unspecified atom stereocenters. The van der Waals surface area contributed by atoms with Crippen molar-refractivity contribution in [3.05, 3.63) is 88.5 Å². The van der Waals surface area contributed by atoms with Gasteiger partial charge in [-0.05, 0) is 35.1 Å². The molecule has 4 N–H and O–H groups in total. The second-order valence-electron chi connectivity index (χ2n) is 11.1. The molecule has 0 saturated heterocycles. The van der Waals surface area contributed by atoms with Crippen molar-refractivity contribution >= 4 is 17.6 Å². The maximum atomic E-state index is 12.8. The van der Waals surface area contributed by atoms with Gasteiger partial charge in [-0.15, -0.1) is 0 Å². The van der Waals surface area contributed by atoms with E-state index in [9.17, 15) is 24.6 Å². The van der Waals surface area contributed by atoms with Crippen LogP contribution in [0.2, 0.25) is 0 Å². The number of nitrogens with one attached hydrogen (secondary N) is 2. The standard InChI is InChI=1S/C30H34N2O6/c1-29(2,3)22-14-19(15-23(27(22)36)30(4,5)6)28(37)32-31-25(34)17-38-20-12-13-21(24(33)16-20)26(35)18-10-8-7-9-11-18/h7-16,33,36H,17H2,1-6H3,(H,31,34)(H,32,37). The molecule has 0 fully saturated rings. The molecule has 8 heteroatoms. The quantitative estimate of drug-likeness (QED) is 0.275. The summed E-state index contributed by atoms with van der Waals surface area (Å²) in [6.07, 6.45) is 0. The smallest absolute Gasteiger partial charge is 0.276 e. The third-order valence-corrected chi connectivity index (χ3v) is 5.92. The molecular weight excluding hydrogens is 484 g/mol. The Morgan fingerprint density at radius 1 is 0.763 bits per heavy atom. The van der Waals surface area contributed by atoms with E-state index in [1.54, 1.807) is 42.5 Å². The SMILES string of the molecule is CC(C)(C)c1cc(C(=O)NNC(=O)COc2ccc(C(=O)c3ccccc3)c(O)c2)cc(C(C)(C)C)c1O. The minimum Gasteiger partial charge on any atom is -0.507 e. The molecule has 0 aliphatic carbocycles. The molecule has 0 aliphatic heterocycles. The fourth-order valence-electron chi connectivity index (χ4n) is 3.83. The Bertz CT molecular complexity index is 1320. The predicted molar refractivity (Wildman–Crippen MR) is 145 cm³/mol. The number of ketones is 1. The van der Waals surface area contributed by atoms with Crippen LogP contribution in [0.4, 0.5) is 0 Å². The highest BCUT2D eigenvalue weighted by atomic mass is 16.5. The highest BCUT2D eigenvalue weighted by Crippen LogP contribution is 2.39. The van der Waals surface area contributed by atoms with Gasteiger partial charge < -0.3 is 14.9 Å². The molecule has 0 bridgehead atoms. The second-order valence-corrected chi connectivity index (χ2v) is 11.1. The molecule has 3 aromatic rings. The van der Waals surface area contributed by atoms with Gasteiger partial charge in [-0.1, -0.05) is 71.9 Å². The van der Waals surface area contributed by atoms with Crippen molar-refractivity contribution in [3.63, 3.8) is 0 Å². The number of phenols is 2. The number of rotatable bonds is 6. The summed E-state index contributed by atoms with van der Waals surface area (Å²) < 4.78 is 5.40. The summed E-state index contributed by atoms with van der Waals surface area (Å²) in [5.41, 5.74) is 5.94. The molecule has 0 aliphatic rings. The highest BCUT2D eigenvalue weighted by Gasteiger charge is 2.28. The lowest BCUT2D eigenvalue weighted by Crippen LogP contribution is -2.44. The number of aromatic hydroxyl groups is 2. The number of benzene rings is 3. The number of hydrazine groups is 1. The summed E-state index contributed by atoms with van der Waals surface area (Å²) in [5.74, 6) is -1.46. The van der Waals surface area contributed by atoms with Gasteiger partial charge in [0, 0.05) is 28.3 Å². The van der Waals surface area contributed by atoms with Crippen LogP contribution in [0.1, 0.15) is 78.9 Å². The van der Waals surface area contributed by atoms with Gasteiger partial charge in [0.2, 0.25) is 0 Å². The third-order valence-electron chi connectivity index (χ3n) is 5.92. The van der Waals surface area contributed by atoms with Gasteiger partial charge >= 0.3 is 0 Å². The Balaban J connectivity index is 1.63. The number of ether oxygens (including phenoxy) is 1. The predicted octanol–water partition coefficient (Wildman–Crippen LogP) is 4.76. The molecule has 3 rings (SSSR count). The van der Waals surface area contributed by atoms with Crippen molar-refractivity contribution in [2.24, 2.45) is 0 Å². The van der Waals surface area contributed by atoms with E-state index >= 15 is 0 Å². The van der Waals surface area contributed by atoms with Crippen LogP contribution in [0.5, 0.6) is 17.2 Å². The second kappa shape index (κ2) is 11.0. The van der Waals surface area contributed by atoms with Gasteiger partial charge in [0.25, 0.3) is 11.8 Å². The number of phenolic OH excluding ortho intramolecular Hbond substituents is 2. The van der Waals surface area contributed by atoms with Crippen LogP contribution < -0.4 is 15.6 Å². The topological polar surface area (TPSA) is 125 Å². The van der Waals surface area contributed by atoms with Crippen molar-refractivity contribution in [3.8, 4) is 17.2 Å². The molecule has 38 heavy (non-hydrogen) atoms. The Labute approximate surface area is 222 Å². The fraction of sp³-hybridized carbons (Fsp3) is 0.300. The largest absolute Gasteiger partial charge is 0.507 e. The lowest BCUT2D eigenvalue weighted by Gasteiger charge is -2.28. The van der Waals surface area contributed by atoms with Crippen molar-refractivity contribution < 1.29 is 29.3 Å².